The number of hydrogen-bond acceptors (Lipinski definition) is 2. The van der Waals surface area contributed by atoms with Gasteiger partial charge in [0.25, 0.3) is 0 Å². The fraction of sp³-hybridized carbons (Fsp3) is 0.714. The first-order chi connectivity index (χ1) is 11.8. The number of likely N-dealkylation sites (tertiary alicyclic amines) is 1. The Morgan fingerprint density at radius 3 is 2.17 bits per heavy atom. The van der Waals surface area contributed by atoms with Crippen LogP contribution in [0.15, 0.2) is 30.3 Å². The first kappa shape index (κ1) is 18.2. The molecule has 3 heteroatoms. The summed E-state index contributed by atoms with van der Waals surface area (Å²) in [5.74, 6) is 0. The first-order valence-electron chi connectivity index (χ1n) is 10.3. The van der Waals surface area contributed by atoms with Gasteiger partial charge in [-0.25, -0.2) is 0 Å². The van der Waals surface area contributed by atoms with Crippen LogP contribution >= 0.6 is 0 Å². The predicted molar refractivity (Wildman–Crippen MR) is 105 cm³/mol. The molecule has 0 bridgehead atoms. The largest absolute Gasteiger partial charge is 0.427 e. The number of rotatable bonds is 6. The van der Waals surface area contributed by atoms with Crippen molar-refractivity contribution in [1.29, 1.82) is 0 Å². The van der Waals surface area contributed by atoms with Crippen molar-refractivity contribution in [3.63, 3.8) is 0 Å². The van der Waals surface area contributed by atoms with Crippen molar-refractivity contribution in [2.24, 2.45) is 0 Å². The van der Waals surface area contributed by atoms with E-state index >= 15 is 0 Å². The minimum absolute atomic E-state index is 0.581. The highest BCUT2D eigenvalue weighted by Gasteiger charge is 2.41. The zero-order valence-corrected chi connectivity index (χ0v) is 16.3. The molecule has 0 amide bonds. The maximum atomic E-state index is 11.8. The lowest BCUT2D eigenvalue weighted by atomic mass is 10.0. The summed E-state index contributed by atoms with van der Waals surface area (Å²) in [5.41, 5.74) is 0.581. The first-order valence-corrected chi connectivity index (χ1v) is 12.5. The Bertz CT molecular complexity index is 466. The minimum Gasteiger partial charge on any atom is -0.427 e. The van der Waals surface area contributed by atoms with E-state index in [0.717, 1.165) is 6.04 Å². The highest BCUT2D eigenvalue weighted by molar-refractivity contribution is 6.86. The molecule has 3 rings (SSSR count). The lowest BCUT2D eigenvalue weighted by Crippen LogP contribution is -2.53. The van der Waals surface area contributed by atoms with E-state index in [2.05, 4.69) is 35.2 Å². The lowest BCUT2D eigenvalue weighted by Gasteiger charge is -2.37. The van der Waals surface area contributed by atoms with E-state index in [1.54, 1.807) is 0 Å². The van der Waals surface area contributed by atoms with Crippen LogP contribution in [0.5, 0.6) is 0 Å². The summed E-state index contributed by atoms with van der Waals surface area (Å²) in [5, 5.41) is 1.28. The van der Waals surface area contributed by atoms with Gasteiger partial charge in [0.05, 0.1) is 0 Å². The molecule has 1 saturated heterocycles. The maximum absolute atomic E-state index is 11.8. The van der Waals surface area contributed by atoms with Gasteiger partial charge in [0, 0.05) is 0 Å². The second-order valence-corrected chi connectivity index (χ2v) is 11.7. The molecule has 1 aromatic rings. The van der Waals surface area contributed by atoms with E-state index in [1.807, 2.05) is 0 Å². The normalized spacial score (nSPS) is 23.5. The summed E-state index contributed by atoms with van der Waals surface area (Å²) in [4.78, 5) is 14.5. The third-order valence-electron chi connectivity index (χ3n) is 6.29. The van der Waals surface area contributed by atoms with E-state index < -0.39 is 8.32 Å². The number of benzene rings is 1. The molecule has 1 aliphatic carbocycles. The van der Waals surface area contributed by atoms with E-state index in [9.17, 15) is 4.80 Å². The molecule has 1 N–H and O–H groups in total. The molecule has 0 unspecified atom stereocenters. The molecule has 0 radical (unpaired) electrons. The van der Waals surface area contributed by atoms with Crippen molar-refractivity contribution >= 4 is 13.5 Å². The van der Waals surface area contributed by atoms with Crippen molar-refractivity contribution in [3.05, 3.63) is 30.3 Å². The Labute approximate surface area is 149 Å². The van der Waals surface area contributed by atoms with Gasteiger partial charge in [-0.3, -0.25) is 0 Å². The number of nitrogens with zero attached hydrogens (tertiary/aromatic N) is 1. The number of hydrogen-bond donors (Lipinski definition) is 1. The summed E-state index contributed by atoms with van der Waals surface area (Å²) < 4.78 is 0. The second kappa shape index (κ2) is 9.16. The second-order valence-electron chi connectivity index (χ2n) is 7.98. The summed E-state index contributed by atoms with van der Waals surface area (Å²) in [7, 11) is -2.35. The van der Waals surface area contributed by atoms with Crippen LogP contribution in [0.25, 0.3) is 0 Å². The van der Waals surface area contributed by atoms with E-state index in [-0.39, 0.29) is 0 Å². The molecule has 1 aliphatic heterocycles. The van der Waals surface area contributed by atoms with Gasteiger partial charge in [0.1, 0.15) is 0 Å². The van der Waals surface area contributed by atoms with Gasteiger partial charge in [-0.2, -0.15) is 0 Å². The fourth-order valence-corrected chi connectivity index (χ4v) is 8.82. The summed E-state index contributed by atoms with van der Waals surface area (Å²) in [6, 6.07) is 11.8. The Kier molecular flexibility index (Phi) is 6.93. The Balaban J connectivity index is 1.63. The standard InChI is InChI=1S/C21H35NOSi/c23-24(20-12-5-3-6-13-20,21-14-7-4-8-15-21)19-11-18-22-16-9-1-2-10-17-22/h3,5-6,12-13,21,23H,1-2,4,7-11,14-19H2/t24-/m1/s1. The van der Waals surface area contributed by atoms with Crippen molar-refractivity contribution in [2.75, 3.05) is 19.6 Å². The molecule has 0 aromatic heterocycles. The quantitative estimate of drug-likeness (QED) is 0.771. The van der Waals surface area contributed by atoms with Crippen LogP contribution in [-0.4, -0.2) is 37.6 Å². The van der Waals surface area contributed by atoms with Crippen LogP contribution in [0.4, 0.5) is 0 Å². The average molecular weight is 346 g/mol. The highest BCUT2D eigenvalue weighted by Crippen LogP contribution is 2.38. The van der Waals surface area contributed by atoms with Crippen LogP contribution in [0.3, 0.4) is 0 Å². The third-order valence-corrected chi connectivity index (χ3v) is 10.7. The summed E-state index contributed by atoms with van der Waals surface area (Å²) in [6.07, 6.45) is 13.2. The third kappa shape index (κ3) is 4.71. The molecule has 1 saturated carbocycles. The van der Waals surface area contributed by atoms with Crippen molar-refractivity contribution < 1.29 is 4.80 Å². The molecule has 1 atom stereocenters. The monoisotopic (exact) mass is 345 g/mol. The lowest BCUT2D eigenvalue weighted by molar-refractivity contribution is 0.283. The minimum atomic E-state index is -2.35. The molecule has 2 aliphatic rings. The molecule has 2 nitrogen and oxygen atoms in total. The van der Waals surface area contributed by atoms with Crippen LogP contribution in [0, 0.1) is 0 Å². The molecule has 2 fully saturated rings. The maximum Gasteiger partial charge on any atom is 0.223 e. The Hall–Kier alpha value is -0.643. The van der Waals surface area contributed by atoms with E-state index in [4.69, 9.17) is 0 Å². The predicted octanol–water partition coefficient (Wildman–Crippen LogP) is 4.43. The van der Waals surface area contributed by atoms with Crippen molar-refractivity contribution in [1.82, 2.24) is 4.90 Å². The Morgan fingerprint density at radius 2 is 1.50 bits per heavy atom. The van der Waals surface area contributed by atoms with Crippen LogP contribution in [0.2, 0.25) is 11.6 Å². The highest BCUT2D eigenvalue weighted by atomic mass is 28.4. The van der Waals surface area contributed by atoms with Crippen molar-refractivity contribution in [3.8, 4) is 0 Å². The van der Waals surface area contributed by atoms with Gasteiger partial charge in [0.2, 0.25) is 8.32 Å². The molecule has 0 spiro atoms. The van der Waals surface area contributed by atoms with E-state index in [1.165, 1.54) is 89.0 Å². The fourth-order valence-electron chi connectivity index (χ4n) is 4.82. The van der Waals surface area contributed by atoms with Crippen LogP contribution in [0.1, 0.15) is 64.2 Å². The molecule has 24 heavy (non-hydrogen) atoms. The van der Waals surface area contributed by atoms with Crippen LogP contribution in [-0.2, 0) is 0 Å². The smallest absolute Gasteiger partial charge is 0.223 e. The van der Waals surface area contributed by atoms with Crippen LogP contribution < -0.4 is 5.19 Å². The SMILES string of the molecule is O[Si@](CCCN1CCCCCC1)(c1ccccc1)C1CCCCC1. The average Bonchev–Trinajstić information content (AvgIpc) is 2.92. The zero-order valence-electron chi connectivity index (χ0n) is 15.3. The molecule has 134 valence electrons. The van der Waals surface area contributed by atoms with Gasteiger partial charge in [-0.1, -0.05) is 75.3 Å². The van der Waals surface area contributed by atoms with Gasteiger partial charge in [-0.15, -0.1) is 0 Å². The topological polar surface area (TPSA) is 23.5 Å². The van der Waals surface area contributed by atoms with Gasteiger partial charge in [-0.05, 0) is 55.7 Å². The summed E-state index contributed by atoms with van der Waals surface area (Å²) >= 11 is 0. The molecular weight excluding hydrogens is 310 g/mol. The molecule has 1 heterocycles. The van der Waals surface area contributed by atoms with E-state index in [0.29, 0.717) is 5.54 Å². The van der Waals surface area contributed by atoms with Gasteiger partial charge >= 0.3 is 0 Å². The molecular formula is C21H35NOSi. The van der Waals surface area contributed by atoms with Crippen molar-refractivity contribution in [2.45, 2.75) is 75.8 Å². The Morgan fingerprint density at radius 1 is 0.875 bits per heavy atom. The zero-order chi connectivity index (χ0) is 16.7. The van der Waals surface area contributed by atoms with Gasteiger partial charge in [0.15, 0.2) is 0 Å². The van der Waals surface area contributed by atoms with Gasteiger partial charge < -0.3 is 9.70 Å². The molecule has 1 aromatic carbocycles. The summed E-state index contributed by atoms with van der Waals surface area (Å²) in [6.45, 7) is 3.73.